The van der Waals surface area contributed by atoms with E-state index >= 15 is 0 Å². The summed E-state index contributed by atoms with van der Waals surface area (Å²) in [6, 6.07) is 8.20. The van der Waals surface area contributed by atoms with Gasteiger partial charge in [0.2, 0.25) is 0 Å². The standard InChI is InChI=1S/C20H27N3OS2/c1-14(2)11-18-21-15(3)19(26-18)20(24)22-17-6-4-5-16(12-17)13-23-7-9-25-10-8-23/h4-6,12,14H,7-11,13H2,1-3H3,(H,22,24). The Labute approximate surface area is 164 Å². The van der Waals surface area contributed by atoms with Crippen LogP contribution in [0.1, 0.15) is 39.8 Å². The lowest BCUT2D eigenvalue weighted by Gasteiger charge is -2.26. The van der Waals surface area contributed by atoms with E-state index < -0.39 is 0 Å². The smallest absolute Gasteiger partial charge is 0.267 e. The number of carbonyl (C=O) groups excluding carboxylic acids is 1. The first kappa shape index (κ1) is 19.4. The predicted octanol–water partition coefficient (Wildman–Crippen LogP) is 4.45. The van der Waals surface area contributed by atoms with Crippen molar-refractivity contribution in [2.45, 2.75) is 33.7 Å². The second-order valence-corrected chi connectivity index (χ2v) is 9.47. The monoisotopic (exact) mass is 389 g/mol. The van der Waals surface area contributed by atoms with Crippen LogP contribution < -0.4 is 5.32 Å². The van der Waals surface area contributed by atoms with Gasteiger partial charge in [-0.2, -0.15) is 11.8 Å². The number of nitrogens with one attached hydrogen (secondary N) is 1. The van der Waals surface area contributed by atoms with Crippen molar-refractivity contribution in [3.63, 3.8) is 0 Å². The van der Waals surface area contributed by atoms with Crippen molar-refractivity contribution in [1.82, 2.24) is 9.88 Å². The van der Waals surface area contributed by atoms with Gasteiger partial charge < -0.3 is 5.32 Å². The summed E-state index contributed by atoms with van der Waals surface area (Å²) in [5, 5.41) is 4.09. The van der Waals surface area contributed by atoms with Gasteiger partial charge in [0.25, 0.3) is 5.91 Å². The van der Waals surface area contributed by atoms with E-state index in [-0.39, 0.29) is 5.91 Å². The molecule has 0 atom stereocenters. The average molecular weight is 390 g/mol. The molecule has 1 fully saturated rings. The van der Waals surface area contributed by atoms with Gasteiger partial charge in [-0.3, -0.25) is 9.69 Å². The molecule has 1 amide bonds. The molecule has 2 heterocycles. The number of nitrogens with zero attached hydrogens (tertiary/aromatic N) is 2. The second kappa shape index (κ2) is 9.02. The number of benzene rings is 1. The Hall–Kier alpha value is -1.37. The molecule has 0 saturated carbocycles. The molecule has 0 aliphatic carbocycles. The van der Waals surface area contributed by atoms with Crippen LogP contribution in [0.4, 0.5) is 5.69 Å². The van der Waals surface area contributed by atoms with Crippen molar-refractivity contribution in [3.8, 4) is 0 Å². The summed E-state index contributed by atoms with van der Waals surface area (Å²) in [4.78, 5) is 20.4. The fourth-order valence-electron chi connectivity index (χ4n) is 3.05. The molecule has 0 radical (unpaired) electrons. The third kappa shape index (κ3) is 5.32. The van der Waals surface area contributed by atoms with Crippen molar-refractivity contribution in [3.05, 3.63) is 45.4 Å². The van der Waals surface area contributed by atoms with Crippen LogP contribution in [0.15, 0.2) is 24.3 Å². The average Bonchev–Trinajstić information content (AvgIpc) is 2.96. The van der Waals surface area contributed by atoms with Crippen LogP contribution in [-0.4, -0.2) is 40.4 Å². The van der Waals surface area contributed by atoms with E-state index in [1.165, 1.54) is 28.4 Å². The molecule has 1 aliphatic rings. The van der Waals surface area contributed by atoms with Gasteiger partial charge in [0, 0.05) is 43.2 Å². The van der Waals surface area contributed by atoms with E-state index in [4.69, 9.17) is 0 Å². The van der Waals surface area contributed by atoms with E-state index in [2.05, 4.69) is 41.2 Å². The number of hydrogen-bond donors (Lipinski definition) is 1. The van der Waals surface area contributed by atoms with Gasteiger partial charge in [-0.1, -0.05) is 26.0 Å². The quantitative estimate of drug-likeness (QED) is 0.793. The van der Waals surface area contributed by atoms with Crippen LogP contribution in [0.2, 0.25) is 0 Å². The molecule has 6 heteroatoms. The van der Waals surface area contributed by atoms with Crippen LogP contribution in [-0.2, 0) is 13.0 Å². The number of hydrogen-bond acceptors (Lipinski definition) is 5. The highest BCUT2D eigenvalue weighted by Crippen LogP contribution is 2.23. The molecular formula is C20H27N3OS2. The number of aryl methyl sites for hydroxylation is 1. The fourth-order valence-corrected chi connectivity index (χ4v) is 5.20. The van der Waals surface area contributed by atoms with E-state index in [0.717, 1.165) is 47.3 Å². The number of thiazole rings is 1. The minimum atomic E-state index is -0.0541. The normalized spacial score (nSPS) is 15.4. The maximum atomic E-state index is 12.7. The van der Waals surface area contributed by atoms with Crippen LogP contribution in [0.3, 0.4) is 0 Å². The van der Waals surface area contributed by atoms with Crippen molar-refractivity contribution >= 4 is 34.7 Å². The number of aromatic nitrogens is 1. The Balaban J connectivity index is 1.65. The summed E-state index contributed by atoms with van der Waals surface area (Å²) in [7, 11) is 0. The molecule has 1 N–H and O–H groups in total. The van der Waals surface area contributed by atoms with Gasteiger partial charge in [0.05, 0.1) is 10.7 Å². The Kier molecular flexibility index (Phi) is 6.73. The number of carbonyl (C=O) groups is 1. The molecule has 3 rings (SSSR count). The first-order valence-electron chi connectivity index (χ1n) is 9.18. The van der Waals surface area contributed by atoms with Crippen LogP contribution in [0, 0.1) is 12.8 Å². The lowest BCUT2D eigenvalue weighted by molar-refractivity contribution is 0.103. The van der Waals surface area contributed by atoms with Crippen molar-refractivity contribution in [1.29, 1.82) is 0 Å². The third-order valence-electron chi connectivity index (χ3n) is 4.32. The maximum absolute atomic E-state index is 12.7. The fraction of sp³-hybridized carbons (Fsp3) is 0.500. The largest absolute Gasteiger partial charge is 0.321 e. The molecule has 0 spiro atoms. The van der Waals surface area contributed by atoms with Gasteiger partial charge >= 0.3 is 0 Å². The number of thioether (sulfide) groups is 1. The lowest BCUT2D eigenvalue weighted by Crippen LogP contribution is -2.31. The predicted molar refractivity (Wildman–Crippen MR) is 112 cm³/mol. The van der Waals surface area contributed by atoms with Crippen molar-refractivity contribution in [2.24, 2.45) is 5.92 Å². The highest BCUT2D eigenvalue weighted by atomic mass is 32.2. The first-order valence-corrected chi connectivity index (χ1v) is 11.1. The van der Waals surface area contributed by atoms with Gasteiger partial charge in [-0.15, -0.1) is 11.3 Å². The van der Waals surface area contributed by atoms with Crippen molar-refractivity contribution in [2.75, 3.05) is 29.9 Å². The molecule has 1 saturated heterocycles. The van der Waals surface area contributed by atoms with Gasteiger partial charge in [-0.05, 0) is 30.5 Å². The highest BCUT2D eigenvalue weighted by Gasteiger charge is 2.16. The maximum Gasteiger partial charge on any atom is 0.267 e. The summed E-state index contributed by atoms with van der Waals surface area (Å²) < 4.78 is 0. The Morgan fingerprint density at radius 3 is 2.81 bits per heavy atom. The zero-order valence-corrected chi connectivity index (χ0v) is 17.4. The summed E-state index contributed by atoms with van der Waals surface area (Å²) in [6.45, 7) is 9.48. The summed E-state index contributed by atoms with van der Waals surface area (Å²) in [6.07, 6.45) is 0.919. The lowest BCUT2D eigenvalue weighted by atomic mass is 10.1. The second-order valence-electron chi connectivity index (χ2n) is 7.16. The van der Waals surface area contributed by atoms with E-state index in [1.807, 2.05) is 30.8 Å². The molecule has 1 aromatic heterocycles. The molecule has 0 bridgehead atoms. The Bertz CT molecular complexity index is 751. The van der Waals surface area contributed by atoms with Crippen LogP contribution in [0.25, 0.3) is 0 Å². The number of amides is 1. The topological polar surface area (TPSA) is 45.2 Å². The van der Waals surface area contributed by atoms with E-state index in [9.17, 15) is 4.79 Å². The van der Waals surface area contributed by atoms with E-state index in [0.29, 0.717) is 5.92 Å². The third-order valence-corrected chi connectivity index (χ3v) is 6.45. The van der Waals surface area contributed by atoms with Crippen LogP contribution >= 0.6 is 23.1 Å². The SMILES string of the molecule is Cc1nc(CC(C)C)sc1C(=O)Nc1cccc(CN2CCSCC2)c1. The molecule has 4 nitrogen and oxygen atoms in total. The van der Waals surface area contributed by atoms with Gasteiger partial charge in [0.1, 0.15) is 4.88 Å². The Morgan fingerprint density at radius 1 is 1.31 bits per heavy atom. The summed E-state index contributed by atoms with van der Waals surface area (Å²) >= 11 is 3.54. The summed E-state index contributed by atoms with van der Waals surface area (Å²) in [5.41, 5.74) is 2.93. The molecule has 1 aromatic carbocycles. The molecular weight excluding hydrogens is 362 g/mol. The zero-order valence-electron chi connectivity index (χ0n) is 15.7. The zero-order chi connectivity index (χ0) is 18.5. The minimum Gasteiger partial charge on any atom is -0.321 e. The van der Waals surface area contributed by atoms with Crippen molar-refractivity contribution < 1.29 is 4.79 Å². The number of rotatable bonds is 6. The number of anilines is 1. The molecule has 2 aromatic rings. The first-order chi connectivity index (χ1) is 12.5. The minimum absolute atomic E-state index is 0.0541. The Morgan fingerprint density at radius 2 is 2.08 bits per heavy atom. The van der Waals surface area contributed by atoms with Crippen LogP contribution in [0.5, 0.6) is 0 Å². The molecule has 26 heavy (non-hydrogen) atoms. The summed E-state index contributed by atoms with van der Waals surface area (Å²) in [5.74, 6) is 2.91. The van der Waals surface area contributed by atoms with E-state index in [1.54, 1.807) is 0 Å². The highest BCUT2D eigenvalue weighted by molar-refractivity contribution is 7.99. The molecule has 0 unspecified atom stereocenters. The van der Waals surface area contributed by atoms with Gasteiger partial charge in [-0.25, -0.2) is 4.98 Å². The molecule has 1 aliphatic heterocycles. The van der Waals surface area contributed by atoms with Gasteiger partial charge in [0.15, 0.2) is 0 Å². The molecule has 140 valence electrons.